The zero-order chi connectivity index (χ0) is 13.7. The number of rotatable bonds is 6. The molecule has 2 heterocycles. The number of aryl methyl sites for hydroxylation is 2. The Bertz CT molecular complexity index is 518. The van der Waals surface area contributed by atoms with Crippen LogP contribution >= 0.6 is 0 Å². The second-order valence-corrected chi connectivity index (χ2v) is 4.50. The third-order valence-electron chi connectivity index (χ3n) is 2.86. The summed E-state index contributed by atoms with van der Waals surface area (Å²) in [6.45, 7) is 2.65. The van der Waals surface area contributed by atoms with E-state index in [1.165, 1.54) is 6.33 Å². The second kappa shape index (κ2) is 6.12. The molecule has 1 N–H and O–H groups in total. The minimum Gasteiger partial charge on any atom is -0.349 e. The van der Waals surface area contributed by atoms with E-state index in [-0.39, 0.29) is 11.9 Å². The predicted molar refractivity (Wildman–Crippen MR) is 69.0 cm³/mol. The molecule has 7 nitrogen and oxygen atoms in total. The van der Waals surface area contributed by atoms with Gasteiger partial charge in [0.2, 0.25) is 5.91 Å². The first-order valence-electron chi connectivity index (χ1n) is 6.25. The molecule has 0 saturated carbocycles. The van der Waals surface area contributed by atoms with E-state index in [1.807, 2.05) is 20.2 Å². The van der Waals surface area contributed by atoms with Crippen LogP contribution in [-0.2, 0) is 18.4 Å². The summed E-state index contributed by atoms with van der Waals surface area (Å²) < 4.78 is 3.44. The molecule has 0 aliphatic rings. The topological polar surface area (TPSA) is 77.6 Å². The minimum atomic E-state index is -0.0208. The number of hydrogen-bond acceptors (Lipinski definition) is 4. The van der Waals surface area contributed by atoms with E-state index in [0.29, 0.717) is 13.0 Å². The number of nitrogens with zero attached hydrogens (tertiary/aromatic N) is 5. The van der Waals surface area contributed by atoms with Crippen LogP contribution < -0.4 is 5.32 Å². The first kappa shape index (κ1) is 13.3. The molecule has 7 heteroatoms. The van der Waals surface area contributed by atoms with Crippen LogP contribution in [0.4, 0.5) is 0 Å². The number of hydrogen-bond donors (Lipinski definition) is 1. The van der Waals surface area contributed by atoms with Crippen molar-refractivity contribution >= 4 is 5.91 Å². The lowest BCUT2D eigenvalue weighted by molar-refractivity contribution is -0.121. The third-order valence-corrected chi connectivity index (χ3v) is 2.86. The van der Waals surface area contributed by atoms with Gasteiger partial charge in [0.05, 0.1) is 12.2 Å². The zero-order valence-corrected chi connectivity index (χ0v) is 11.2. The average molecular weight is 262 g/mol. The van der Waals surface area contributed by atoms with Crippen molar-refractivity contribution in [2.75, 3.05) is 0 Å². The quantitative estimate of drug-likeness (QED) is 0.830. The molecule has 2 aromatic rings. The van der Waals surface area contributed by atoms with E-state index in [2.05, 4.69) is 20.5 Å². The van der Waals surface area contributed by atoms with Gasteiger partial charge in [-0.15, -0.1) is 0 Å². The van der Waals surface area contributed by atoms with Gasteiger partial charge in [-0.3, -0.25) is 14.2 Å². The summed E-state index contributed by atoms with van der Waals surface area (Å²) in [6.07, 6.45) is 8.03. The van der Waals surface area contributed by atoms with Crippen LogP contribution in [0, 0.1) is 0 Å². The average Bonchev–Trinajstić information content (AvgIpc) is 3.00. The van der Waals surface area contributed by atoms with E-state index in [4.69, 9.17) is 0 Å². The molecular weight excluding hydrogens is 244 g/mol. The Kier molecular flexibility index (Phi) is 4.27. The van der Waals surface area contributed by atoms with Gasteiger partial charge in [-0.2, -0.15) is 10.2 Å². The SMILES string of the molecule is C[C@@H](NC(=O)CCCn1cncn1)c1cnn(C)c1. The highest BCUT2D eigenvalue weighted by molar-refractivity contribution is 5.76. The van der Waals surface area contributed by atoms with Crippen LogP contribution in [0.25, 0.3) is 0 Å². The highest BCUT2D eigenvalue weighted by Gasteiger charge is 2.10. The van der Waals surface area contributed by atoms with Gasteiger partial charge >= 0.3 is 0 Å². The van der Waals surface area contributed by atoms with Crippen molar-refractivity contribution in [1.82, 2.24) is 29.9 Å². The maximum Gasteiger partial charge on any atom is 0.220 e. The largest absolute Gasteiger partial charge is 0.349 e. The van der Waals surface area contributed by atoms with E-state index in [1.54, 1.807) is 21.9 Å². The molecular formula is C12H18N6O. The lowest BCUT2D eigenvalue weighted by Gasteiger charge is -2.11. The van der Waals surface area contributed by atoms with Crippen molar-refractivity contribution in [2.24, 2.45) is 7.05 Å². The smallest absolute Gasteiger partial charge is 0.220 e. The Morgan fingerprint density at radius 2 is 2.32 bits per heavy atom. The monoisotopic (exact) mass is 262 g/mol. The molecule has 0 fully saturated rings. The summed E-state index contributed by atoms with van der Waals surface area (Å²) in [7, 11) is 1.86. The summed E-state index contributed by atoms with van der Waals surface area (Å²) in [4.78, 5) is 15.6. The summed E-state index contributed by atoms with van der Waals surface area (Å²) in [5.74, 6) is 0.0384. The normalized spacial score (nSPS) is 12.3. The van der Waals surface area contributed by atoms with Gasteiger partial charge in [0.15, 0.2) is 0 Å². The molecule has 0 bridgehead atoms. The van der Waals surface area contributed by atoms with Crippen LogP contribution in [0.3, 0.4) is 0 Å². The molecule has 0 saturated heterocycles. The Hall–Kier alpha value is -2.18. The molecule has 2 rings (SSSR count). The number of nitrogens with one attached hydrogen (secondary N) is 1. The Balaban J connectivity index is 1.72. The predicted octanol–water partition coefficient (Wildman–Crippen LogP) is 0.669. The molecule has 0 aliphatic heterocycles. The van der Waals surface area contributed by atoms with E-state index < -0.39 is 0 Å². The van der Waals surface area contributed by atoms with Crippen LogP contribution in [0.15, 0.2) is 25.0 Å². The van der Waals surface area contributed by atoms with Crippen LogP contribution in [0.5, 0.6) is 0 Å². The Morgan fingerprint density at radius 1 is 1.47 bits per heavy atom. The van der Waals surface area contributed by atoms with Crippen molar-refractivity contribution in [3.8, 4) is 0 Å². The zero-order valence-electron chi connectivity index (χ0n) is 11.2. The summed E-state index contributed by atoms with van der Waals surface area (Å²) in [5.41, 5.74) is 1.01. The maximum atomic E-state index is 11.8. The molecule has 2 aromatic heterocycles. The fraction of sp³-hybridized carbons (Fsp3) is 0.500. The summed E-state index contributed by atoms with van der Waals surface area (Å²) >= 11 is 0. The lowest BCUT2D eigenvalue weighted by atomic mass is 10.2. The van der Waals surface area contributed by atoms with Gasteiger partial charge in [0.25, 0.3) is 0 Å². The van der Waals surface area contributed by atoms with Crippen LogP contribution in [0.2, 0.25) is 0 Å². The molecule has 102 valence electrons. The molecule has 19 heavy (non-hydrogen) atoms. The highest BCUT2D eigenvalue weighted by Crippen LogP contribution is 2.10. The van der Waals surface area contributed by atoms with E-state index in [0.717, 1.165) is 12.0 Å². The molecule has 1 atom stereocenters. The van der Waals surface area contributed by atoms with Crippen molar-refractivity contribution in [3.05, 3.63) is 30.6 Å². The Labute approximate surface area is 111 Å². The molecule has 0 spiro atoms. The first-order valence-corrected chi connectivity index (χ1v) is 6.25. The number of amides is 1. The fourth-order valence-electron chi connectivity index (χ4n) is 1.81. The fourth-order valence-corrected chi connectivity index (χ4v) is 1.81. The van der Waals surface area contributed by atoms with Gasteiger partial charge in [-0.25, -0.2) is 4.98 Å². The number of carbonyl (C=O) groups excluding carboxylic acids is 1. The lowest BCUT2D eigenvalue weighted by Crippen LogP contribution is -2.26. The molecule has 0 unspecified atom stereocenters. The van der Waals surface area contributed by atoms with Crippen molar-refractivity contribution < 1.29 is 4.79 Å². The van der Waals surface area contributed by atoms with Crippen molar-refractivity contribution in [3.63, 3.8) is 0 Å². The van der Waals surface area contributed by atoms with Crippen molar-refractivity contribution in [1.29, 1.82) is 0 Å². The number of aromatic nitrogens is 5. The second-order valence-electron chi connectivity index (χ2n) is 4.50. The Morgan fingerprint density at radius 3 is 2.95 bits per heavy atom. The molecule has 0 aliphatic carbocycles. The van der Waals surface area contributed by atoms with Crippen molar-refractivity contribution in [2.45, 2.75) is 32.4 Å². The molecule has 0 aromatic carbocycles. The summed E-state index contributed by atoms with van der Waals surface area (Å²) in [6, 6.07) is -0.0208. The van der Waals surface area contributed by atoms with Gasteiger partial charge in [0, 0.05) is 31.8 Å². The highest BCUT2D eigenvalue weighted by atomic mass is 16.1. The van der Waals surface area contributed by atoms with Gasteiger partial charge < -0.3 is 5.32 Å². The van der Waals surface area contributed by atoms with Crippen LogP contribution in [0.1, 0.15) is 31.4 Å². The van der Waals surface area contributed by atoms with Gasteiger partial charge in [-0.1, -0.05) is 0 Å². The van der Waals surface area contributed by atoms with E-state index >= 15 is 0 Å². The number of carbonyl (C=O) groups is 1. The van der Waals surface area contributed by atoms with Gasteiger partial charge in [0.1, 0.15) is 12.7 Å². The van der Waals surface area contributed by atoms with Gasteiger partial charge in [-0.05, 0) is 13.3 Å². The first-order chi connectivity index (χ1) is 9.15. The summed E-state index contributed by atoms with van der Waals surface area (Å²) in [5, 5.41) is 11.0. The third kappa shape index (κ3) is 3.90. The van der Waals surface area contributed by atoms with Crippen LogP contribution in [-0.4, -0.2) is 30.5 Å². The minimum absolute atomic E-state index is 0.0208. The van der Waals surface area contributed by atoms with E-state index in [9.17, 15) is 4.79 Å². The maximum absolute atomic E-state index is 11.8. The standard InChI is InChI=1S/C12H18N6O/c1-10(11-6-14-17(2)7-11)16-12(19)4-3-5-18-9-13-8-15-18/h6-10H,3-5H2,1-2H3,(H,16,19)/t10-/m1/s1. The molecule has 0 radical (unpaired) electrons. The molecule has 1 amide bonds.